The molecular weight excluding hydrogens is 370 g/mol. The summed E-state index contributed by atoms with van der Waals surface area (Å²) in [6.07, 6.45) is 0. The Morgan fingerprint density at radius 2 is 1.86 bits per heavy atom. The first-order chi connectivity index (χ1) is 13.3. The second kappa shape index (κ2) is 9.07. The second-order valence-electron chi connectivity index (χ2n) is 5.78. The molecule has 1 aromatic rings. The topological polar surface area (TPSA) is 129 Å². The van der Waals surface area contributed by atoms with E-state index in [0.717, 1.165) is 0 Å². The van der Waals surface area contributed by atoms with Crippen molar-refractivity contribution in [2.24, 2.45) is 0 Å². The van der Waals surface area contributed by atoms with Crippen LogP contribution >= 0.6 is 0 Å². The molecule has 0 saturated heterocycles. The van der Waals surface area contributed by atoms with Gasteiger partial charge in [0, 0.05) is 11.8 Å². The van der Waals surface area contributed by atoms with E-state index in [1.807, 2.05) is 0 Å². The molecule has 1 heterocycles. The Morgan fingerprint density at radius 3 is 2.43 bits per heavy atom. The zero-order valence-corrected chi connectivity index (χ0v) is 16.2. The fraction of sp³-hybridized carbons (Fsp3) is 0.444. The van der Waals surface area contributed by atoms with Crippen LogP contribution in [-0.2, 0) is 9.53 Å². The van der Waals surface area contributed by atoms with Crippen LogP contribution in [0.5, 0.6) is 11.5 Å². The summed E-state index contributed by atoms with van der Waals surface area (Å²) in [6, 6.07) is 1.30. The van der Waals surface area contributed by atoms with Crippen LogP contribution in [-0.4, -0.2) is 36.7 Å². The largest absolute Gasteiger partial charge is 0.490 e. The number of nitrogens with zero attached hydrogens (tertiary/aromatic N) is 1. The van der Waals surface area contributed by atoms with E-state index in [1.54, 1.807) is 27.7 Å². The average molecular weight is 393 g/mol. The summed E-state index contributed by atoms with van der Waals surface area (Å²) in [7, 11) is 0. The van der Waals surface area contributed by atoms with Crippen LogP contribution in [0.2, 0.25) is 0 Å². The quantitative estimate of drug-likeness (QED) is 0.394. The van der Waals surface area contributed by atoms with E-state index in [4.69, 9.17) is 14.2 Å². The minimum atomic E-state index is -0.943. The Labute approximate surface area is 162 Å². The van der Waals surface area contributed by atoms with E-state index < -0.39 is 23.0 Å². The predicted octanol–water partition coefficient (Wildman–Crippen LogP) is 2.58. The van der Waals surface area contributed by atoms with Gasteiger partial charge in [-0.05, 0) is 39.3 Å². The first-order valence-corrected chi connectivity index (χ1v) is 8.87. The van der Waals surface area contributed by atoms with Crippen molar-refractivity contribution in [2.45, 2.75) is 33.7 Å². The number of esters is 1. The van der Waals surface area contributed by atoms with Gasteiger partial charge < -0.3 is 24.8 Å². The molecule has 2 amide bonds. The highest BCUT2D eigenvalue weighted by Gasteiger charge is 2.34. The molecule has 0 saturated carbocycles. The van der Waals surface area contributed by atoms with Crippen LogP contribution in [0, 0.1) is 10.1 Å². The zero-order valence-electron chi connectivity index (χ0n) is 16.2. The Morgan fingerprint density at radius 1 is 1.18 bits per heavy atom. The molecule has 0 fully saturated rings. The molecule has 28 heavy (non-hydrogen) atoms. The van der Waals surface area contributed by atoms with Gasteiger partial charge in [0.05, 0.1) is 36.4 Å². The lowest BCUT2D eigenvalue weighted by atomic mass is 9.94. The minimum absolute atomic E-state index is 0.00301. The third-order valence-electron chi connectivity index (χ3n) is 3.94. The molecule has 10 nitrogen and oxygen atoms in total. The van der Waals surface area contributed by atoms with Crippen molar-refractivity contribution in [3.8, 4) is 11.5 Å². The lowest BCUT2D eigenvalue weighted by molar-refractivity contribution is -0.386. The summed E-state index contributed by atoms with van der Waals surface area (Å²) in [5.74, 6) is -0.481. The monoisotopic (exact) mass is 393 g/mol. The maximum absolute atomic E-state index is 12.4. The number of urea groups is 1. The van der Waals surface area contributed by atoms with Gasteiger partial charge in [-0.25, -0.2) is 9.59 Å². The third-order valence-corrected chi connectivity index (χ3v) is 3.94. The van der Waals surface area contributed by atoms with Crippen molar-refractivity contribution in [3.63, 3.8) is 0 Å². The first-order valence-electron chi connectivity index (χ1n) is 8.87. The number of allylic oxidation sites excluding steroid dienone is 1. The van der Waals surface area contributed by atoms with E-state index >= 15 is 0 Å². The molecule has 1 atom stereocenters. The summed E-state index contributed by atoms with van der Waals surface area (Å²) in [6.45, 7) is 7.25. The molecular formula is C18H23N3O7. The number of amides is 2. The van der Waals surface area contributed by atoms with E-state index in [2.05, 4.69) is 10.6 Å². The lowest BCUT2D eigenvalue weighted by Gasteiger charge is -2.28. The highest BCUT2D eigenvalue weighted by atomic mass is 16.6. The molecule has 1 aliphatic heterocycles. The molecule has 1 aromatic carbocycles. The molecule has 0 aromatic heterocycles. The molecule has 152 valence electrons. The first kappa shape index (κ1) is 21.0. The number of nitrogens with one attached hydrogen (secondary N) is 2. The maximum atomic E-state index is 12.4. The van der Waals surface area contributed by atoms with Crippen LogP contribution in [0.4, 0.5) is 10.5 Å². The summed E-state index contributed by atoms with van der Waals surface area (Å²) in [5, 5.41) is 16.7. The number of hydrogen-bond donors (Lipinski definition) is 2. The van der Waals surface area contributed by atoms with Gasteiger partial charge in [0.1, 0.15) is 0 Å². The summed E-state index contributed by atoms with van der Waals surface area (Å²) in [4.78, 5) is 35.4. The van der Waals surface area contributed by atoms with E-state index in [1.165, 1.54) is 12.1 Å². The van der Waals surface area contributed by atoms with Gasteiger partial charge in [0.2, 0.25) is 5.75 Å². The Balaban J connectivity index is 2.66. The lowest BCUT2D eigenvalue weighted by Crippen LogP contribution is -2.45. The predicted molar refractivity (Wildman–Crippen MR) is 99.2 cm³/mol. The maximum Gasteiger partial charge on any atom is 0.338 e. The van der Waals surface area contributed by atoms with Crippen LogP contribution in [0.3, 0.4) is 0 Å². The molecule has 2 rings (SSSR count). The van der Waals surface area contributed by atoms with Crippen molar-refractivity contribution in [2.75, 3.05) is 19.8 Å². The SMILES string of the molecule is CCOC(=O)C1=C(C)NC(=O)N[C@H]1c1cc(OCC)c(OCC)c([N+](=O)[O-])c1. The highest BCUT2D eigenvalue weighted by Crippen LogP contribution is 2.41. The molecule has 0 spiro atoms. The second-order valence-corrected chi connectivity index (χ2v) is 5.78. The fourth-order valence-corrected chi connectivity index (χ4v) is 2.89. The Hall–Kier alpha value is -3.30. The smallest absolute Gasteiger partial charge is 0.338 e. The number of carbonyl (C=O) groups is 2. The number of benzene rings is 1. The van der Waals surface area contributed by atoms with Crippen molar-refractivity contribution < 1.29 is 28.7 Å². The van der Waals surface area contributed by atoms with Gasteiger partial charge in [-0.1, -0.05) is 0 Å². The third kappa shape index (κ3) is 4.33. The van der Waals surface area contributed by atoms with Gasteiger partial charge in [0.15, 0.2) is 5.75 Å². The Kier molecular flexibility index (Phi) is 6.80. The summed E-state index contributed by atoms with van der Waals surface area (Å²) in [5.41, 5.74) is 0.441. The molecule has 0 aliphatic carbocycles. The number of nitro benzene ring substituents is 1. The van der Waals surface area contributed by atoms with Crippen LogP contribution in [0.25, 0.3) is 0 Å². The molecule has 1 aliphatic rings. The van der Waals surface area contributed by atoms with E-state index in [9.17, 15) is 19.7 Å². The summed E-state index contributed by atoms with van der Waals surface area (Å²) >= 11 is 0. The zero-order chi connectivity index (χ0) is 20.8. The van der Waals surface area contributed by atoms with Gasteiger partial charge in [-0.2, -0.15) is 0 Å². The average Bonchev–Trinajstić information content (AvgIpc) is 2.62. The molecule has 10 heteroatoms. The normalized spacial score (nSPS) is 16.1. The highest BCUT2D eigenvalue weighted by molar-refractivity contribution is 5.95. The van der Waals surface area contributed by atoms with Gasteiger partial charge in [0.25, 0.3) is 0 Å². The van der Waals surface area contributed by atoms with Crippen LogP contribution in [0.15, 0.2) is 23.4 Å². The van der Waals surface area contributed by atoms with Gasteiger partial charge >= 0.3 is 17.7 Å². The molecule has 0 radical (unpaired) electrons. The van der Waals surface area contributed by atoms with Crippen molar-refractivity contribution >= 4 is 17.7 Å². The van der Waals surface area contributed by atoms with Gasteiger partial charge in [-0.15, -0.1) is 0 Å². The van der Waals surface area contributed by atoms with Crippen molar-refractivity contribution in [1.82, 2.24) is 10.6 Å². The standard InChI is InChI=1S/C18H23N3O7/c1-5-26-13-9-11(8-12(21(24)25)16(13)27-6-2)15-14(17(22)28-7-3)10(4)19-18(23)20-15/h8-9,15H,5-7H2,1-4H3,(H2,19,20,23)/t15-/m0/s1. The van der Waals surface area contributed by atoms with Crippen LogP contribution in [0.1, 0.15) is 39.3 Å². The Bertz CT molecular complexity index is 820. The van der Waals surface area contributed by atoms with Crippen molar-refractivity contribution in [1.29, 1.82) is 0 Å². The number of carbonyl (C=O) groups excluding carboxylic acids is 2. The van der Waals surface area contributed by atoms with E-state index in [0.29, 0.717) is 11.3 Å². The minimum Gasteiger partial charge on any atom is -0.490 e. The molecule has 0 bridgehead atoms. The van der Waals surface area contributed by atoms with E-state index in [-0.39, 0.29) is 42.6 Å². The number of ether oxygens (including phenoxy) is 3. The fourth-order valence-electron chi connectivity index (χ4n) is 2.89. The van der Waals surface area contributed by atoms with Gasteiger partial charge in [-0.3, -0.25) is 10.1 Å². The van der Waals surface area contributed by atoms with Crippen LogP contribution < -0.4 is 20.1 Å². The number of rotatable bonds is 8. The molecule has 0 unspecified atom stereocenters. The molecule has 2 N–H and O–H groups in total. The number of hydrogen-bond acceptors (Lipinski definition) is 7. The summed E-state index contributed by atoms with van der Waals surface area (Å²) < 4.78 is 16.0. The van der Waals surface area contributed by atoms with Crippen molar-refractivity contribution in [3.05, 3.63) is 39.1 Å². The number of nitro groups is 1.